The zero-order chi connectivity index (χ0) is 15.2. The number of hydrogen-bond donors (Lipinski definition) is 2. The second kappa shape index (κ2) is 7.00. The van der Waals surface area contributed by atoms with E-state index in [2.05, 4.69) is 15.6 Å². The summed E-state index contributed by atoms with van der Waals surface area (Å²) < 4.78 is 4.85. The minimum absolute atomic E-state index is 0.211. The predicted octanol–water partition coefficient (Wildman–Crippen LogP) is 0.986. The molecule has 1 rings (SSSR count). The van der Waals surface area contributed by atoms with Crippen LogP contribution in [0.15, 0.2) is 18.3 Å². The van der Waals surface area contributed by atoms with E-state index in [0.717, 1.165) is 0 Å². The molecule has 2 amide bonds. The highest BCUT2D eigenvalue weighted by Gasteiger charge is 2.16. The first-order chi connectivity index (χ1) is 9.33. The topological polar surface area (TPSA) is 80.3 Å². The Morgan fingerprint density at radius 3 is 2.60 bits per heavy atom. The summed E-state index contributed by atoms with van der Waals surface area (Å²) in [6.45, 7) is 6.50. The molecule has 0 radical (unpaired) electrons. The van der Waals surface area contributed by atoms with Crippen LogP contribution in [-0.4, -0.2) is 42.6 Å². The van der Waals surface area contributed by atoms with Gasteiger partial charge in [0.2, 0.25) is 0 Å². The van der Waals surface area contributed by atoms with Crippen LogP contribution in [0, 0.1) is 0 Å². The number of nitrogens with zero attached hydrogens (tertiary/aromatic N) is 1. The van der Waals surface area contributed by atoms with Gasteiger partial charge in [-0.3, -0.25) is 14.6 Å². The normalized spacial score (nSPS) is 11.0. The zero-order valence-electron chi connectivity index (χ0n) is 12.3. The zero-order valence-corrected chi connectivity index (χ0v) is 12.3. The molecule has 2 N–H and O–H groups in total. The van der Waals surface area contributed by atoms with E-state index in [1.165, 1.54) is 12.3 Å². The van der Waals surface area contributed by atoms with Crippen molar-refractivity contribution in [1.82, 2.24) is 15.6 Å². The van der Waals surface area contributed by atoms with Crippen molar-refractivity contribution in [3.05, 3.63) is 29.6 Å². The van der Waals surface area contributed by atoms with Crippen LogP contribution < -0.4 is 10.6 Å². The van der Waals surface area contributed by atoms with E-state index in [1.807, 2.05) is 20.8 Å². The second-order valence-corrected chi connectivity index (χ2v) is 5.38. The average Bonchev–Trinajstić information content (AvgIpc) is 2.37. The Balaban J connectivity index is 2.75. The Bertz CT molecular complexity index is 481. The summed E-state index contributed by atoms with van der Waals surface area (Å²) in [5, 5.41) is 5.49. The molecular weight excluding hydrogens is 258 g/mol. The maximum Gasteiger partial charge on any atom is 0.269 e. The largest absolute Gasteiger partial charge is 0.383 e. The fraction of sp³-hybridized carbons (Fsp3) is 0.500. The van der Waals surface area contributed by atoms with E-state index in [9.17, 15) is 9.59 Å². The van der Waals surface area contributed by atoms with Crippen molar-refractivity contribution in [2.24, 2.45) is 0 Å². The van der Waals surface area contributed by atoms with Crippen molar-refractivity contribution in [2.75, 3.05) is 20.3 Å². The Kier molecular flexibility index (Phi) is 5.64. The summed E-state index contributed by atoms with van der Waals surface area (Å²) >= 11 is 0. The number of carbonyl (C=O) groups excluding carboxylic acids is 2. The van der Waals surface area contributed by atoms with Crippen molar-refractivity contribution in [3.8, 4) is 0 Å². The molecule has 6 nitrogen and oxygen atoms in total. The SMILES string of the molecule is COCCNC(=O)c1cc(C(=O)NC(C)(C)C)ccn1. The molecule has 0 saturated carbocycles. The van der Waals surface area contributed by atoms with Crippen molar-refractivity contribution >= 4 is 11.8 Å². The fourth-order valence-corrected chi connectivity index (χ4v) is 1.47. The molecule has 0 aliphatic rings. The molecule has 0 aliphatic heterocycles. The van der Waals surface area contributed by atoms with Crippen LogP contribution in [0.5, 0.6) is 0 Å². The minimum Gasteiger partial charge on any atom is -0.383 e. The third kappa shape index (κ3) is 5.36. The van der Waals surface area contributed by atoms with Crippen LogP contribution in [-0.2, 0) is 4.74 Å². The lowest BCUT2D eigenvalue weighted by atomic mass is 10.1. The standard InChI is InChI=1S/C14H21N3O3/c1-14(2,3)17-12(18)10-5-6-15-11(9-10)13(19)16-7-8-20-4/h5-6,9H,7-8H2,1-4H3,(H,16,19)(H,17,18). The van der Waals surface area contributed by atoms with Crippen LogP contribution in [0.2, 0.25) is 0 Å². The van der Waals surface area contributed by atoms with E-state index in [-0.39, 0.29) is 23.0 Å². The Labute approximate surface area is 118 Å². The molecule has 0 aliphatic carbocycles. The van der Waals surface area contributed by atoms with Gasteiger partial charge in [-0.25, -0.2) is 0 Å². The molecule has 1 heterocycles. The van der Waals surface area contributed by atoms with Crippen LogP contribution in [0.1, 0.15) is 41.6 Å². The number of rotatable bonds is 5. The van der Waals surface area contributed by atoms with E-state index < -0.39 is 0 Å². The van der Waals surface area contributed by atoms with Crippen molar-refractivity contribution < 1.29 is 14.3 Å². The number of ether oxygens (including phenoxy) is 1. The number of methoxy groups -OCH3 is 1. The summed E-state index contributed by atoms with van der Waals surface area (Å²) in [7, 11) is 1.56. The van der Waals surface area contributed by atoms with Gasteiger partial charge in [-0.1, -0.05) is 0 Å². The number of hydrogen-bond acceptors (Lipinski definition) is 4. The third-order valence-corrected chi connectivity index (χ3v) is 2.34. The molecule has 0 atom stereocenters. The molecule has 1 aromatic heterocycles. The van der Waals surface area contributed by atoms with Crippen LogP contribution in [0.3, 0.4) is 0 Å². The number of carbonyl (C=O) groups is 2. The fourth-order valence-electron chi connectivity index (χ4n) is 1.47. The lowest BCUT2D eigenvalue weighted by Crippen LogP contribution is -2.40. The van der Waals surface area contributed by atoms with Gasteiger partial charge >= 0.3 is 0 Å². The van der Waals surface area contributed by atoms with Gasteiger partial charge in [0.15, 0.2) is 0 Å². The Morgan fingerprint density at radius 1 is 1.30 bits per heavy atom. The van der Waals surface area contributed by atoms with Crippen LogP contribution in [0.4, 0.5) is 0 Å². The highest BCUT2D eigenvalue weighted by Crippen LogP contribution is 2.06. The summed E-state index contributed by atoms with van der Waals surface area (Å²) in [6, 6.07) is 3.05. The molecule has 0 saturated heterocycles. The van der Waals surface area contributed by atoms with E-state index in [4.69, 9.17) is 4.74 Å². The van der Waals surface area contributed by atoms with Crippen molar-refractivity contribution in [1.29, 1.82) is 0 Å². The van der Waals surface area contributed by atoms with Crippen molar-refractivity contribution in [2.45, 2.75) is 26.3 Å². The third-order valence-electron chi connectivity index (χ3n) is 2.34. The summed E-state index contributed by atoms with van der Waals surface area (Å²) in [6.07, 6.45) is 1.45. The smallest absolute Gasteiger partial charge is 0.269 e. The van der Waals surface area contributed by atoms with Gasteiger partial charge in [-0.05, 0) is 32.9 Å². The van der Waals surface area contributed by atoms with Crippen LogP contribution in [0.25, 0.3) is 0 Å². The molecule has 6 heteroatoms. The number of pyridine rings is 1. The molecule has 1 aromatic rings. The maximum atomic E-state index is 12.0. The first-order valence-corrected chi connectivity index (χ1v) is 6.39. The van der Waals surface area contributed by atoms with Crippen LogP contribution >= 0.6 is 0 Å². The quantitative estimate of drug-likeness (QED) is 0.788. The average molecular weight is 279 g/mol. The lowest BCUT2D eigenvalue weighted by Gasteiger charge is -2.20. The van der Waals surface area contributed by atoms with Gasteiger partial charge in [0.25, 0.3) is 11.8 Å². The van der Waals surface area contributed by atoms with Gasteiger partial charge in [0.1, 0.15) is 5.69 Å². The molecule has 0 fully saturated rings. The number of nitrogens with one attached hydrogen (secondary N) is 2. The molecule has 0 spiro atoms. The van der Waals surface area contributed by atoms with Gasteiger partial charge in [-0.2, -0.15) is 0 Å². The summed E-state index contributed by atoms with van der Waals surface area (Å²) in [5.74, 6) is -0.557. The van der Waals surface area contributed by atoms with Crippen molar-refractivity contribution in [3.63, 3.8) is 0 Å². The van der Waals surface area contributed by atoms with Gasteiger partial charge in [-0.15, -0.1) is 0 Å². The van der Waals surface area contributed by atoms with Gasteiger partial charge in [0, 0.05) is 31.0 Å². The molecule has 0 aromatic carbocycles. The minimum atomic E-state index is -0.332. The summed E-state index contributed by atoms with van der Waals surface area (Å²) in [4.78, 5) is 27.8. The van der Waals surface area contributed by atoms with E-state index in [0.29, 0.717) is 18.7 Å². The molecule has 0 unspecified atom stereocenters. The van der Waals surface area contributed by atoms with Gasteiger partial charge < -0.3 is 15.4 Å². The predicted molar refractivity (Wildman–Crippen MR) is 75.7 cm³/mol. The highest BCUT2D eigenvalue weighted by atomic mass is 16.5. The lowest BCUT2D eigenvalue weighted by molar-refractivity contribution is 0.0919. The monoisotopic (exact) mass is 279 g/mol. The first kappa shape index (κ1) is 16.1. The molecule has 110 valence electrons. The Hall–Kier alpha value is -1.95. The van der Waals surface area contributed by atoms with E-state index >= 15 is 0 Å². The molecule has 20 heavy (non-hydrogen) atoms. The van der Waals surface area contributed by atoms with Gasteiger partial charge in [0.05, 0.1) is 6.61 Å². The second-order valence-electron chi connectivity index (χ2n) is 5.38. The number of aromatic nitrogens is 1. The number of amides is 2. The van der Waals surface area contributed by atoms with E-state index in [1.54, 1.807) is 13.2 Å². The molecule has 0 bridgehead atoms. The first-order valence-electron chi connectivity index (χ1n) is 6.39. The highest BCUT2D eigenvalue weighted by molar-refractivity contribution is 5.98. The molecular formula is C14H21N3O3. The maximum absolute atomic E-state index is 12.0. The Morgan fingerprint density at radius 2 is 2.00 bits per heavy atom. The summed E-state index contributed by atoms with van der Waals surface area (Å²) in [5.41, 5.74) is 0.288.